The van der Waals surface area contributed by atoms with Crippen LogP contribution in [0.1, 0.15) is 5.69 Å². The van der Waals surface area contributed by atoms with Gasteiger partial charge in [-0.05, 0) is 18.2 Å². The lowest BCUT2D eigenvalue weighted by Gasteiger charge is -2.03. The molecule has 83 valence electrons. The van der Waals surface area contributed by atoms with Gasteiger partial charge in [-0.2, -0.15) is 0 Å². The summed E-state index contributed by atoms with van der Waals surface area (Å²) in [6.45, 7) is -0.297. The van der Waals surface area contributed by atoms with Crippen molar-refractivity contribution in [1.82, 2.24) is 4.98 Å². The molecule has 0 atom stereocenters. The quantitative estimate of drug-likeness (QED) is 0.842. The van der Waals surface area contributed by atoms with Gasteiger partial charge in [0.05, 0.1) is 12.8 Å². The summed E-state index contributed by atoms with van der Waals surface area (Å²) in [5.41, 5.74) is 1.42. The van der Waals surface area contributed by atoms with Crippen LogP contribution in [0.5, 0.6) is 5.75 Å². The average Bonchev–Trinajstić information content (AvgIpc) is 2.76. The van der Waals surface area contributed by atoms with Gasteiger partial charge in [-0.25, -0.2) is 10.1 Å². The lowest BCUT2D eigenvalue weighted by Crippen LogP contribution is -1.85. The molecule has 1 aromatic heterocycles. The van der Waals surface area contributed by atoms with E-state index in [0.29, 0.717) is 16.5 Å². The van der Waals surface area contributed by atoms with Crippen molar-refractivity contribution in [3.63, 3.8) is 0 Å². The van der Waals surface area contributed by atoms with Gasteiger partial charge in [0.1, 0.15) is 17.4 Å². The fourth-order valence-corrected chi connectivity index (χ4v) is 2.33. The predicted octanol–water partition coefficient (Wildman–Crippen LogP) is 3.40. The number of benzene rings is 1. The van der Waals surface area contributed by atoms with E-state index in [2.05, 4.69) is 4.98 Å². The Morgan fingerprint density at radius 3 is 2.88 bits per heavy atom. The molecule has 0 amide bonds. The van der Waals surface area contributed by atoms with Crippen LogP contribution in [0.4, 0.5) is 0 Å². The molecule has 0 aliphatic heterocycles. The minimum absolute atomic E-state index is 0.297. The molecular weight excluding hydrogens is 246 g/mol. The van der Waals surface area contributed by atoms with E-state index in [0.717, 1.165) is 10.6 Å². The Hall–Kier alpha value is -1.10. The largest absolute Gasteiger partial charge is 0.497 e. The Morgan fingerprint density at radius 2 is 2.25 bits per heavy atom. The SMILES string of the molecule is COc1cc(Cl)cc(-c2nc(C[O])cs2)c1. The van der Waals surface area contributed by atoms with E-state index >= 15 is 0 Å². The van der Waals surface area contributed by atoms with Crippen LogP contribution in [-0.2, 0) is 11.7 Å². The molecule has 0 aliphatic carbocycles. The molecule has 0 aliphatic rings. The van der Waals surface area contributed by atoms with Gasteiger partial charge >= 0.3 is 0 Å². The highest BCUT2D eigenvalue weighted by Crippen LogP contribution is 2.30. The van der Waals surface area contributed by atoms with Crippen molar-refractivity contribution in [2.75, 3.05) is 7.11 Å². The highest BCUT2D eigenvalue weighted by atomic mass is 35.5. The number of nitrogens with zero attached hydrogens (tertiary/aromatic N) is 1. The standard InChI is InChI=1S/C11H9ClNO2S/c1-15-10-3-7(2-8(12)4-10)11-13-9(5-14)6-16-11/h2-4,6H,5H2,1H3. The Labute approximate surface area is 102 Å². The van der Waals surface area contributed by atoms with E-state index in [1.165, 1.54) is 11.3 Å². The van der Waals surface area contributed by atoms with Gasteiger partial charge in [0.15, 0.2) is 0 Å². The Balaban J connectivity index is 2.42. The molecule has 0 saturated heterocycles. The summed E-state index contributed by atoms with van der Waals surface area (Å²) in [6, 6.07) is 5.38. The Bertz CT molecular complexity index is 498. The number of thiazole rings is 1. The third-order valence-electron chi connectivity index (χ3n) is 2.05. The molecule has 0 spiro atoms. The number of halogens is 1. The number of hydrogen-bond acceptors (Lipinski definition) is 3. The third-order valence-corrected chi connectivity index (χ3v) is 3.21. The second kappa shape index (κ2) is 4.82. The number of aromatic nitrogens is 1. The minimum atomic E-state index is -0.297. The van der Waals surface area contributed by atoms with Crippen LogP contribution >= 0.6 is 22.9 Å². The number of rotatable bonds is 3. The van der Waals surface area contributed by atoms with Crippen molar-refractivity contribution in [3.8, 4) is 16.3 Å². The first-order valence-corrected chi connectivity index (χ1v) is 5.86. The second-order valence-electron chi connectivity index (χ2n) is 3.17. The monoisotopic (exact) mass is 254 g/mol. The fourth-order valence-electron chi connectivity index (χ4n) is 1.31. The molecule has 1 radical (unpaired) electrons. The molecule has 0 unspecified atom stereocenters. The van der Waals surface area contributed by atoms with Crippen molar-refractivity contribution < 1.29 is 9.84 Å². The zero-order valence-electron chi connectivity index (χ0n) is 8.57. The molecule has 16 heavy (non-hydrogen) atoms. The van der Waals surface area contributed by atoms with Gasteiger partial charge < -0.3 is 4.74 Å². The fraction of sp³-hybridized carbons (Fsp3) is 0.182. The topological polar surface area (TPSA) is 42.0 Å². The van der Waals surface area contributed by atoms with Gasteiger partial charge in [-0.1, -0.05) is 11.6 Å². The molecule has 1 aromatic carbocycles. The van der Waals surface area contributed by atoms with Crippen LogP contribution in [0.15, 0.2) is 23.6 Å². The molecule has 5 heteroatoms. The normalized spacial score (nSPS) is 10.4. The van der Waals surface area contributed by atoms with Crippen LogP contribution in [0.25, 0.3) is 10.6 Å². The van der Waals surface area contributed by atoms with Gasteiger partial charge in [0, 0.05) is 16.0 Å². The summed E-state index contributed by atoms with van der Waals surface area (Å²) in [7, 11) is 1.58. The maximum atomic E-state index is 10.7. The van der Waals surface area contributed by atoms with Gasteiger partial charge in [0.25, 0.3) is 0 Å². The van der Waals surface area contributed by atoms with Crippen LogP contribution in [0.3, 0.4) is 0 Å². The Kier molecular flexibility index (Phi) is 3.43. The van der Waals surface area contributed by atoms with Crippen LogP contribution in [0.2, 0.25) is 5.02 Å². The summed E-state index contributed by atoms with van der Waals surface area (Å²) in [6.07, 6.45) is 0. The van der Waals surface area contributed by atoms with E-state index in [9.17, 15) is 5.11 Å². The van der Waals surface area contributed by atoms with E-state index < -0.39 is 0 Å². The number of methoxy groups -OCH3 is 1. The molecule has 0 saturated carbocycles. The Morgan fingerprint density at radius 1 is 1.44 bits per heavy atom. The molecule has 0 bridgehead atoms. The second-order valence-corrected chi connectivity index (χ2v) is 4.46. The first kappa shape index (κ1) is 11.4. The van der Waals surface area contributed by atoms with Crippen molar-refractivity contribution in [3.05, 3.63) is 34.3 Å². The third kappa shape index (κ3) is 2.35. The highest BCUT2D eigenvalue weighted by Gasteiger charge is 2.07. The summed E-state index contributed by atoms with van der Waals surface area (Å²) in [5.74, 6) is 0.682. The summed E-state index contributed by atoms with van der Waals surface area (Å²) in [4.78, 5) is 4.21. The van der Waals surface area contributed by atoms with E-state index in [1.54, 1.807) is 24.6 Å². The lowest BCUT2D eigenvalue weighted by molar-refractivity contribution is 0.174. The van der Waals surface area contributed by atoms with E-state index in [4.69, 9.17) is 16.3 Å². The molecule has 2 aromatic rings. The van der Waals surface area contributed by atoms with Crippen molar-refractivity contribution in [2.24, 2.45) is 0 Å². The molecule has 1 heterocycles. The van der Waals surface area contributed by atoms with Crippen molar-refractivity contribution in [1.29, 1.82) is 0 Å². The maximum absolute atomic E-state index is 10.7. The first-order valence-electron chi connectivity index (χ1n) is 4.60. The zero-order valence-corrected chi connectivity index (χ0v) is 10.1. The molecule has 2 rings (SSSR count). The van der Waals surface area contributed by atoms with Crippen LogP contribution in [0, 0.1) is 0 Å². The minimum Gasteiger partial charge on any atom is -0.497 e. The summed E-state index contributed by atoms with van der Waals surface area (Å²) >= 11 is 7.38. The first-order chi connectivity index (χ1) is 7.72. The van der Waals surface area contributed by atoms with Crippen molar-refractivity contribution in [2.45, 2.75) is 6.61 Å². The van der Waals surface area contributed by atoms with Gasteiger partial charge in [0.2, 0.25) is 0 Å². The molecule has 3 nitrogen and oxygen atoms in total. The van der Waals surface area contributed by atoms with Gasteiger partial charge in [-0.3, -0.25) is 0 Å². The van der Waals surface area contributed by atoms with E-state index in [-0.39, 0.29) is 6.61 Å². The van der Waals surface area contributed by atoms with Crippen LogP contribution in [-0.4, -0.2) is 12.1 Å². The smallest absolute Gasteiger partial charge is 0.125 e. The molecule has 0 fully saturated rings. The van der Waals surface area contributed by atoms with E-state index in [1.807, 2.05) is 6.07 Å². The highest BCUT2D eigenvalue weighted by molar-refractivity contribution is 7.13. The van der Waals surface area contributed by atoms with Crippen LogP contribution < -0.4 is 4.74 Å². The summed E-state index contributed by atoms with van der Waals surface area (Å²) in [5, 5.41) is 13.8. The van der Waals surface area contributed by atoms with Crippen molar-refractivity contribution >= 4 is 22.9 Å². The molecule has 0 N–H and O–H groups in total. The summed E-state index contributed by atoms with van der Waals surface area (Å²) < 4.78 is 5.12. The number of ether oxygens (including phenoxy) is 1. The average molecular weight is 255 g/mol. The maximum Gasteiger partial charge on any atom is 0.125 e. The predicted molar refractivity (Wildman–Crippen MR) is 63.5 cm³/mol. The lowest BCUT2D eigenvalue weighted by atomic mass is 10.2. The zero-order chi connectivity index (χ0) is 11.5. The van der Waals surface area contributed by atoms with Gasteiger partial charge in [-0.15, -0.1) is 11.3 Å². The molecular formula is C11H9ClNO2S. The number of hydrogen-bond donors (Lipinski definition) is 0.